The first-order valence-electron chi connectivity index (χ1n) is 43.1. The average molecular weight is 1580 g/mol. The second-order valence-electron chi connectivity index (χ2n) is 28.4. The van der Waals surface area contributed by atoms with Crippen LogP contribution in [0.25, 0.3) is 0 Å². The molecular weight excluding hydrogens is 1430 g/mol. The van der Waals surface area contributed by atoms with Crippen LogP contribution in [0.15, 0.2) is 146 Å². The lowest BCUT2D eigenvalue weighted by atomic mass is 10.1. The van der Waals surface area contributed by atoms with Gasteiger partial charge in [-0.15, -0.1) is 0 Å². The van der Waals surface area contributed by atoms with E-state index in [0.29, 0.717) is 25.7 Å². The zero-order valence-corrected chi connectivity index (χ0v) is 70.9. The molecule has 0 aliphatic heterocycles. The van der Waals surface area contributed by atoms with Crippen LogP contribution in [-0.2, 0) is 65.4 Å². The molecule has 0 fully saturated rings. The first-order valence-corrected chi connectivity index (χ1v) is 46.1. The molecule has 0 heterocycles. The predicted octanol–water partition coefficient (Wildman–Crippen LogP) is 25.8. The van der Waals surface area contributed by atoms with Gasteiger partial charge in [-0.05, 0) is 167 Å². The molecule has 3 N–H and O–H groups in total. The molecular formula is C91H154O17P2. The molecule has 0 saturated carbocycles. The largest absolute Gasteiger partial charge is 0.472 e. The Morgan fingerprint density at radius 2 is 0.473 bits per heavy atom. The fourth-order valence-electron chi connectivity index (χ4n) is 11.3. The van der Waals surface area contributed by atoms with Crippen molar-refractivity contribution in [1.29, 1.82) is 0 Å². The van der Waals surface area contributed by atoms with E-state index >= 15 is 0 Å². The standard InChI is InChI=1S/C91H154O17P2/c1-5-9-13-17-21-25-29-33-37-40-42-45-48-51-55-59-63-67-71-75-88(93)101-81-86(107-90(95)77-73-69-65-61-57-53-47-36-32-28-24-20-16-12-8-4)83-105-109(97,98)103-79-85(92)80-104-110(99,100)106-84-87(108-91(96)78-74-70-66-62-58-54-50-44-39-35-31-27-23-19-15-11-7-3)82-102-89(94)76-72-68-64-60-56-52-49-46-43-41-38-34-30-26-22-18-14-10-6-2/h11-12,15-16,21-28,33-39,42-43,45-47,85-87,92H,5-10,13-14,17-20,29-32,40-41,44,48-84H2,1-4H3,(H,97,98)(H,99,100)/b15-11-,16-12-,25-21-,26-22-,27-23-,28-24-,37-33-,38-34-,39-35-,45-42-,46-43-,47-36-. The van der Waals surface area contributed by atoms with E-state index in [9.17, 15) is 43.2 Å². The Labute approximate surface area is 668 Å². The molecule has 630 valence electrons. The fraction of sp³-hybridized carbons (Fsp3) is 0.692. The summed E-state index contributed by atoms with van der Waals surface area (Å²) in [4.78, 5) is 73.3. The summed E-state index contributed by atoms with van der Waals surface area (Å²) < 4.78 is 68.8. The van der Waals surface area contributed by atoms with E-state index < -0.39 is 97.5 Å². The third-order valence-electron chi connectivity index (χ3n) is 17.8. The maximum absolute atomic E-state index is 13.1. The molecule has 0 spiro atoms. The summed E-state index contributed by atoms with van der Waals surface area (Å²) in [6, 6.07) is 0. The normalized spacial score (nSPS) is 14.5. The number of esters is 4. The fourth-order valence-corrected chi connectivity index (χ4v) is 12.8. The summed E-state index contributed by atoms with van der Waals surface area (Å²) in [6.45, 7) is 4.58. The van der Waals surface area contributed by atoms with E-state index in [1.807, 2.05) is 0 Å². The number of carbonyl (C=O) groups is 4. The zero-order chi connectivity index (χ0) is 80.3. The zero-order valence-electron chi connectivity index (χ0n) is 69.1. The van der Waals surface area contributed by atoms with Crippen molar-refractivity contribution in [3.05, 3.63) is 146 Å². The van der Waals surface area contributed by atoms with Crippen molar-refractivity contribution in [3.8, 4) is 0 Å². The Balaban J connectivity index is 5.41. The molecule has 0 aromatic carbocycles. The third-order valence-corrected chi connectivity index (χ3v) is 19.7. The molecule has 0 radical (unpaired) electrons. The highest BCUT2D eigenvalue weighted by molar-refractivity contribution is 7.47. The number of allylic oxidation sites excluding steroid dienone is 24. The van der Waals surface area contributed by atoms with Crippen molar-refractivity contribution in [2.45, 2.75) is 367 Å². The Morgan fingerprint density at radius 3 is 0.727 bits per heavy atom. The van der Waals surface area contributed by atoms with Crippen LogP contribution >= 0.6 is 15.6 Å². The molecule has 0 bridgehead atoms. The van der Waals surface area contributed by atoms with Crippen molar-refractivity contribution in [2.75, 3.05) is 39.6 Å². The van der Waals surface area contributed by atoms with Crippen LogP contribution in [-0.4, -0.2) is 96.7 Å². The molecule has 0 rings (SSSR count). The lowest BCUT2D eigenvalue weighted by Crippen LogP contribution is -2.30. The first-order chi connectivity index (χ1) is 53.7. The van der Waals surface area contributed by atoms with E-state index in [2.05, 4.69) is 174 Å². The molecule has 0 saturated heterocycles. The molecule has 0 amide bonds. The first kappa shape index (κ1) is 105. The molecule has 110 heavy (non-hydrogen) atoms. The number of hydrogen-bond donors (Lipinski definition) is 3. The Kier molecular flexibility index (Phi) is 78.2. The van der Waals surface area contributed by atoms with Gasteiger partial charge in [0.15, 0.2) is 12.2 Å². The smallest absolute Gasteiger partial charge is 0.462 e. The van der Waals surface area contributed by atoms with Gasteiger partial charge in [-0.3, -0.25) is 37.3 Å². The van der Waals surface area contributed by atoms with Crippen LogP contribution in [0.3, 0.4) is 0 Å². The minimum Gasteiger partial charge on any atom is -0.462 e. The van der Waals surface area contributed by atoms with Crippen LogP contribution < -0.4 is 0 Å². The minimum atomic E-state index is -5.00. The Hall–Kier alpha value is -5.06. The van der Waals surface area contributed by atoms with Crippen molar-refractivity contribution >= 4 is 39.5 Å². The molecule has 5 unspecified atom stereocenters. The number of carbonyl (C=O) groups excluding carboxylic acids is 4. The van der Waals surface area contributed by atoms with Crippen LogP contribution in [0.1, 0.15) is 349 Å². The summed E-state index contributed by atoms with van der Waals surface area (Å²) in [5.41, 5.74) is 0. The van der Waals surface area contributed by atoms with Crippen molar-refractivity contribution < 1.29 is 80.2 Å². The monoisotopic (exact) mass is 1580 g/mol. The third kappa shape index (κ3) is 81.0. The van der Waals surface area contributed by atoms with Crippen LogP contribution in [0, 0.1) is 0 Å². The lowest BCUT2D eigenvalue weighted by Gasteiger charge is -2.21. The number of phosphoric ester groups is 2. The summed E-state index contributed by atoms with van der Waals surface area (Å²) in [5, 5.41) is 10.7. The van der Waals surface area contributed by atoms with Crippen LogP contribution in [0.2, 0.25) is 0 Å². The Bertz CT molecular complexity index is 2650. The number of rotatable bonds is 80. The van der Waals surface area contributed by atoms with Gasteiger partial charge in [0.05, 0.1) is 26.4 Å². The van der Waals surface area contributed by atoms with Crippen LogP contribution in [0.5, 0.6) is 0 Å². The van der Waals surface area contributed by atoms with Gasteiger partial charge in [0.25, 0.3) is 0 Å². The molecule has 0 aromatic heterocycles. The maximum Gasteiger partial charge on any atom is 0.472 e. The van der Waals surface area contributed by atoms with Crippen molar-refractivity contribution in [2.24, 2.45) is 0 Å². The highest BCUT2D eigenvalue weighted by Gasteiger charge is 2.30. The van der Waals surface area contributed by atoms with Gasteiger partial charge in [-0.25, -0.2) is 9.13 Å². The molecule has 5 atom stereocenters. The lowest BCUT2D eigenvalue weighted by molar-refractivity contribution is -0.161. The van der Waals surface area contributed by atoms with Gasteiger partial charge < -0.3 is 33.8 Å². The molecule has 17 nitrogen and oxygen atoms in total. The number of hydrogen-bond acceptors (Lipinski definition) is 15. The summed E-state index contributed by atoms with van der Waals surface area (Å²) in [7, 11) is -9.99. The summed E-state index contributed by atoms with van der Waals surface area (Å²) in [6.07, 6.45) is 95.1. The molecule has 19 heteroatoms. The second-order valence-corrected chi connectivity index (χ2v) is 31.3. The number of ether oxygens (including phenoxy) is 4. The Morgan fingerprint density at radius 1 is 0.264 bits per heavy atom. The van der Waals surface area contributed by atoms with Crippen molar-refractivity contribution in [3.63, 3.8) is 0 Å². The van der Waals surface area contributed by atoms with E-state index in [4.69, 9.17) is 37.0 Å². The quantitative estimate of drug-likeness (QED) is 0.0169. The number of aliphatic hydroxyl groups is 1. The van der Waals surface area contributed by atoms with Gasteiger partial charge in [0.1, 0.15) is 19.3 Å². The van der Waals surface area contributed by atoms with E-state index in [1.165, 1.54) is 38.5 Å². The van der Waals surface area contributed by atoms with Gasteiger partial charge in [-0.1, -0.05) is 302 Å². The van der Waals surface area contributed by atoms with E-state index in [-0.39, 0.29) is 25.7 Å². The molecule has 0 aliphatic carbocycles. The number of aliphatic hydroxyl groups excluding tert-OH is 1. The number of phosphoric acid groups is 2. The van der Waals surface area contributed by atoms with Crippen molar-refractivity contribution in [1.82, 2.24) is 0 Å². The summed E-state index contributed by atoms with van der Waals surface area (Å²) >= 11 is 0. The van der Waals surface area contributed by atoms with Gasteiger partial charge in [-0.2, -0.15) is 0 Å². The molecule has 0 aliphatic rings. The second kappa shape index (κ2) is 81.9. The highest BCUT2D eigenvalue weighted by atomic mass is 31.2. The maximum atomic E-state index is 13.1. The summed E-state index contributed by atoms with van der Waals surface area (Å²) in [5.74, 6) is -2.23. The topological polar surface area (TPSA) is 237 Å². The average Bonchev–Trinajstić information content (AvgIpc) is 0.906. The van der Waals surface area contributed by atoms with Gasteiger partial charge in [0.2, 0.25) is 0 Å². The SMILES string of the molecule is CC/C=C\C/C=C\C/C=C\CCCCCCCCCC(=O)OC(COC(=O)CCCCCCCC/C=C\C/C=C\C/C=C\CCCCC)COP(=O)(O)OCC(O)COP(=O)(O)OCC(COC(=O)CCCCCCCC/C=C\C/C=C\C/C=C\CCCCC)OC(=O)CCCCCCC/C=C\C/C=C\C/C=C\CC. The van der Waals surface area contributed by atoms with E-state index in [0.717, 1.165) is 231 Å². The predicted molar refractivity (Wildman–Crippen MR) is 454 cm³/mol. The minimum absolute atomic E-state index is 0.0688. The van der Waals surface area contributed by atoms with Gasteiger partial charge in [0, 0.05) is 25.7 Å². The molecule has 0 aromatic rings. The number of unbranched alkanes of at least 4 members (excludes halogenated alkanes) is 30. The highest BCUT2D eigenvalue weighted by Crippen LogP contribution is 2.45. The van der Waals surface area contributed by atoms with Crippen LogP contribution in [0.4, 0.5) is 0 Å². The van der Waals surface area contributed by atoms with Gasteiger partial charge >= 0.3 is 39.5 Å². The van der Waals surface area contributed by atoms with E-state index in [1.54, 1.807) is 0 Å².